The summed E-state index contributed by atoms with van der Waals surface area (Å²) in [6.45, 7) is 18.0. The molecule has 2 aliphatic heterocycles. The van der Waals surface area contributed by atoms with Crippen molar-refractivity contribution in [1.82, 2.24) is 36.8 Å². The Bertz CT molecular complexity index is 4780. The number of nitrogens with two attached hydrogens (primary N) is 1. The maximum absolute atomic E-state index is 16.2. The molecule has 0 bridgehead atoms. The highest BCUT2D eigenvalue weighted by atomic mass is 35.5. The van der Waals surface area contributed by atoms with Crippen LogP contribution in [0.4, 0.5) is 34.5 Å². The summed E-state index contributed by atoms with van der Waals surface area (Å²) in [5.74, 6) is -4.88. The van der Waals surface area contributed by atoms with Gasteiger partial charge < -0.3 is 105 Å². The highest BCUT2D eigenvalue weighted by Gasteiger charge is 2.68. The number of anilines is 2. The molecule has 2 saturated heterocycles. The SMILES string of the molecule is COc1cc(C(=O)NCCOCCOCCOCCOCCOCCOCCC(=O)N[C@@H](C(=O)N[C@@H](CCCNC(N)=O)C(=O)Nc2ccc(COC(=O)N3CCC(NC(=O)O[C@H]4CC[C@]5(C)C6CC[C@]7(C)C(c8ccc(=O)oc8)CC[C@]7(O)C6CC[C@@H]5C4)CC3)cc2)C(C)C)ccc1NC(=O)[C@@H]1N[C@@H](CC(C)(C)C)[C@](C#N)(c2ccc(Cl)cc2F)[C@H]1c1cccc(Cl)c1F. The van der Waals surface area contributed by atoms with Crippen molar-refractivity contribution in [2.24, 2.45) is 45.7 Å². The number of nitrogens with zero attached hydrogens (tertiary/aromatic N) is 2. The Morgan fingerprint density at radius 3 is 2.05 bits per heavy atom. The second kappa shape index (κ2) is 46.7. The van der Waals surface area contributed by atoms with Crippen LogP contribution in [0.25, 0.3) is 0 Å². The van der Waals surface area contributed by atoms with Gasteiger partial charge in [-0.1, -0.05) is 102 Å². The van der Waals surface area contributed by atoms with Crippen LogP contribution in [0.3, 0.4) is 0 Å². The van der Waals surface area contributed by atoms with Gasteiger partial charge in [-0.15, -0.1) is 0 Å². The molecule has 1 aromatic heterocycles. The monoisotopic (exact) mass is 1850 g/mol. The average molecular weight is 1850 g/mol. The fourth-order valence-corrected chi connectivity index (χ4v) is 20.7. The van der Waals surface area contributed by atoms with Crippen LogP contribution in [0.2, 0.25) is 10.0 Å². The van der Waals surface area contributed by atoms with Gasteiger partial charge in [0.25, 0.3) is 5.91 Å². The maximum atomic E-state index is 16.2. The van der Waals surface area contributed by atoms with Crippen molar-refractivity contribution in [2.45, 2.75) is 211 Å². The predicted molar refractivity (Wildman–Crippen MR) is 481 cm³/mol. The Labute approximate surface area is 768 Å². The minimum absolute atomic E-state index is 0.0302. The second-order valence-electron chi connectivity index (χ2n) is 36.9. The highest BCUT2D eigenvalue weighted by Crippen LogP contribution is 2.71. The Morgan fingerprint density at radius 2 is 1.42 bits per heavy atom. The van der Waals surface area contributed by atoms with Crippen LogP contribution in [0.5, 0.6) is 5.75 Å². The summed E-state index contributed by atoms with van der Waals surface area (Å²) in [6.07, 6.45) is 9.95. The Hall–Kier alpha value is -9.60. The number of carbonyl (C=O) groups is 8. The van der Waals surface area contributed by atoms with E-state index in [1.807, 2.05) is 26.8 Å². The number of amides is 9. The van der Waals surface area contributed by atoms with E-state index in [2.05, 4.69) is 62.5 Å². The summed E-state index contributed by atoms with van der Waals surface area (Å²) in [4.78, 5) is 120. The van der Waals surface area contributed by atoms with Crippen molar-refractivity contribution < 1.29 is 99.3 Å². The molecule has 710 valence electrons. The van der Waals surface area contributed by atoms with Gasteiger partial charge in [-0.3, -0.25) is 24.0 Å². The standard InChI is InChI=1S/C95H127Cl2F2N11O20/c1-58(2)82(86(115)107-75(13-10-35-103-88(101)117)85(114)104-64-20-14-59(15-21-64)55-129-90(119)110-37-29-65(30-38-110)105-89(118)130-66-26-32-92(6)62(52-66)18-22-70-69(92)27-33-93(7)68(28-34-95(70,93)120)61-17-25-79(112)128-56-61)109-78(111)31-39-122-41-43-124-45-47-126-49-50-127-48-46-125-44-42-123-40-36-102-84(113)60-16-24-74(76(51-60)121-8)106-87(116)83-80(67-11-9-12-72(97)81(67)99)94(57-100,77(108-83)54-91(3,4)5)71-23-19-63(96)53-73(71)98/h9,11-12,14-17,19-21,23-25,51,53,56,58,62,65-66,68-70,75,77,80,82-83,108,120H,10,13,18,22,26-50,52,54-55H2,1-8H3,(H,102,113)(H,104,114)(H,105,118)(H,106,116)(H,107,115)(H,109,111)(H3,101,103,117)/t62-,66+,68?,69?,70?,75+,77+,80+,82-,83-,92+,93-,94+,95+/m1/s1. The third-order valence-corrected chi connectivity index (χ3v) is 27.6. The molecule has 3 unspecified atom stereocenters. The number of alkyl carbamates (subject to hydrolysis) is 1. The third kappa shape index (κ3) is 25.6. The molecule has 3 heterocycles. The Balaban J connectivity index is 0.502. The van der Waals surface area contributed by atoms with E-state index in [-0.39, 0.29) is 176 Å². The van der Waals surface area contributed by atoms with Crippen LogP contribution < -0.4 is 58.6 Å². The van der Waals surface area contributed by atoms with Crippen LogP contribution in [0.15, 0.2) is 106 Å². The number of methoxy groups -OCH3 is 1. The second-order valence-corrected chi connectivity index (χ2v) is 37.7. The molecule has 4 saturated carbocycles. The molecule has 31 nitrogen and oxygen atoms in total. The lowest BCUT2D eigenvalue weighted by atomic mass is 9.43. The summed E-state index contributed by atoms with van der Waals surface area (Å²) in [5, 5.41) is 46.6. The number of nitrogens with one attached hydrogen (secondary N) is 8. The van der Waals surface area contributed by atoms with Gasteiger partial charge in [0.1, 0.15) is 47.6 Å². The summed E-state index contributed by atoms with van der Waals surface area (Å²) in [7, 11) is 1.36. The van der Waals surface area contributed by atoms with Crippen molar-refractivity contribution >= 4 is 82.3 Å². The van der Waals surface area contributed by atoms with Crippen molar-refractivity contribution in [1.29, 1.82) is 5.26 Å². The molecule has 5 aromatic rings. The third-order valence-electron chi connectivity index (χ3n) is 27.0. The number of nitriles is 1. The highest BCUT2D eigenvalue weighted by molar-refractivity contribution is 6.31. The first-order chi connectivity index (χ1) is 62.2. The number of hydrogen-bond donors (Lipinski definition) is 10. The van der Waals surface area contributed by atoms with Crippen LogP contribution in [0, 0.1) is 62.9 Å². The minimum atomic E-state index is -1.84. The number of likely N-dealkylation sites (tertiary alicyclic amines) is 1. The van der Waals surface area contributed by atoms with Crippen LogP contribution in [-0.4, -0.2) is 212 Å². The molecular formula is C95H127Cl2F2N11O20. The number of carbonyl (C=O) groups excluding carboxylic acids is 8. The molecule has 9 amide bonds. The van der Waals surface area contributed by atoms with E-state index < -0.39 is 106 Å². The molecule has 4 aliphatic carbocycles. The Kier molecular flexibility index (Phi) is 36.2. The molecule has 11 rings (SSSR count). The van der Waals surface area contributed by atoms with Gasteiger partial charge in [-0.05, 0) is 202 Å². The molecule has 11 N–H and O–H groups in total. The lowest BCUT2D eigenvalue weighted by Crippen LogP contribution is -2.62. The first-order valence-electron chi connectivity index (χ1n) is 45.2. The molecule has 6 aliphatic rings. The largest absolute Gasteiger partial charge is 0.495 e. The number of halogens is 4. The van der Waals surface area contributed by atoms with Gasteiger partial charge in [0.05, 0.1) is 121 Å². The van der Waals surface area contributed by atoms with Gasteiger partial charge in [0.15, 0.2) is 0 Å². The number of hydrogen-bond acceptors (Lipinski definition) is 22. The zero-order valence-electron chi connectivity index (χ0n) is 75.5. The summed E-state index contributed by atoms with van der Waals surface area (Å²) in [6, 6.07) is 19.8. The number of primary amides is 1. The zero-order valence-corrected chi connectivity index (χ0v) is 77.0. The molecule has 0 spiro atoms. The Morgan fingerprint density at radius 1 is 0.738 bits per heavy atom. The van der Waals surface area contributed by atoms with Crippen molar-refractivity contribution in [3.8, 4) is 11.8 Å². The van der Waals surface area contributed by atoms with Gasteiger partial charge in [-0.2, -0.15) is 5.26 Å². The van der Waals surface area contributed by atoms with E-state index in [0.717, 1.165) is 69.4 Å². The van der Waals surface area contributed by atoms with Gasteiger partial charge >= 0.3 is 23.8 Å². The minimum Gasteiger partial charge on any atom is -0.495 e. The molecule has 6 fully saturated rings. The number of piperidine rings is 1. The predicted octanol–water partition coefficient (Wildman–Crippen LogP) is 12.3. The number of aliphatic hydroxyl groups is 1. The molecule has 14 atom stereocenters. The quantitative estimate of drug-likeness (QED) is 0.0162. The number of urea groups is 1. The fourth-order valence-electron chi connectivity index (χ4n) is 20.3. The van der Waals surface area contributed by atoms with Crippen LogP contribution in [0.1, 0.15) is 189 Å². The fraction of sp³-hybridized carbons (Fsp3) is 0.600. The zero-order chi connectivity index (χ0) is 93.5. The number of ether oxygens (including phenoxy) is 9. The van der Waals surface area contributed by atoms with Crippen molar-refractivity contribution in [3.63, 3.8) is 0 Å². The molecular weight excluding hydrogens is 1720 g/mol. The van der Waals surface area contributed by atoms with E-state index in [1.165, 1.54) is 61.7 Å². The summed E-state index contributed by atoms with van der Waals surface area (Å²) >= 11 is 12.5. The van der Waals surface area contributed by atoms with Gasteiger partial charge in [0.2, 0.25) is 23.6 Å². The van der Waals surface area contributed by atoms with Gasteiger partial charge in [-0.25, -0.2) is 28.0 Å². The maximum Gasteiger partial charge on any atom is 0.410 e. The van der Waals surface area contributed by atoms with Crippen LogP contribution in [-0.2, 0) is 69.1 Å². The van der Waals surface area contributed by atoms with Gasteiger partial charge in [0, 0.05) is 83.9 Å². The molecule has 0 radical (unpaired) electrons. The normalized spacial score (nSPS) is 24.6. The molecule has 35 heteroatoms. The smallest absolute Gasteiger partial charge is 0.410 e. The van der Waals surface area contributed by atoms with E-state index >= 15 is 8.78 Å². The lowest BCUT2D eigenvalue weighted by molar-refractivity contribution is -0.205. The molecule has 4 aromatic carbocycles. The molecule has 130 heavy (non-hydrogen) atoms. The van der Waals surface area contributed by atoms with Crippen molar-refractivity contribution in [3.05, 3.63) is 157 Å². The lowest BCUT2D eigenvalue weighted by Gasteiger charge is -2.63. The van der Waals surface area contributed by atoms with E-state index in [1.54, 1.807) is 49.3 Å². The number of fused-ring (bicyclic) bond motifs is 5. The van der Waals surface area contributed by atoms with Crippen molar-refractivity contribution in [2.75, 3.05) is 123 Å². The number of benzene rings is 4. The van der Waals surface area contributed by atoms with E-state index in [4.69, 9.17) is 76.0 Å². The summed E-state index contributed by atoms with van der Waals surface area (Å²) < 4.78 is 88.7. The number of rotatable bonds is 43. The van der Waals surface area contributed by atoms with E-state index in [9.17, 15) is 53.5 Å². The first-order valence-corrected chi connectivity index (χ1v) is 46.0. The average Bonchev–Trinajstić information content (AvgIpc) is 1.48. The topological polar surface area (TPSA) is 419 Å². The van der Waals surface area contributed by atoms with Crippen LogP contribution >= 0.6 is 23.2 Å². The van der Waals surface area contributed by atoms with E-state index in [0.29, 0.717) is 82.1 Å². The summed E-state index contributed by atoms with van der Waals surface area (Å²) in [5.41, 5.74) is 3.82. The first kappa shape index (κ1) is 101.